The van der Waals surface area contributed by atoms with Gasteiger partial charge < -0.3 is 18.9 Å². The van der Waals surface area contributed by atoms with Crippen LogP contribution in [0.3, 0.4) is 0 Å². The fourth-order valence-corrected chi connectivity index (χ4v) is 3.78. The van der Waals surface area contributed by atoms with Crippen LogP contribution in [0.1, 0.15) is 24.5 Å². The van der Waals surface area contributed by atoms with Gasteiger partial charge in [0.15, 0.2) is 0 Å². The topological polar surface area (TPSA) is 91.4 Å². The molecule has 8 heteroatoms. The zero-order valence-electron chi connectivity index (χ0n) is 17.0. The van der Waals surface area contributed by atoms with Crippen molar-refractivity contribution >= 4 is 18.0 Å². The van der Waals surface area contributed by atoms with Crippen molar-refractivity contribution in [3.05, 3.63) is 71.8 Å². The van der Waals surface area contributed by atoms with Crippen molar-refractivity contribution < 1.29 is 33.3 Å². The molecular formula is C23H23NO7. The number of esters is 2. The maximum absolute atomic E-state index is 13.1. The summed E-state index contributed by atoms with van der Waals surface area (Å²) < 4.78 is 21.7. The van der Waals surface area contributed by atoms with Crippen molar-refractivity contribution in [3.8, 4) is 0 Å². The van der Waals surface area contributed by atoms with Gasteiger partial charge in [0.05, 0.1) is 0 Å². The summed E-state index contributed by atoms with van der Waals surface area (Å²) in [4.78, 5) is 38.2. The molecule has 2 aliphatic heterocycles. The Morgan fingerprint density at radius 2 is 1.68 bits per heavy atom. The summed E-state index contributed by atoms with van der Waals surface area (Å²) in [6.07, 6.45) is -3.04. The maximum atomic E-state index is 13.1. The minimum atomic E-state index is -1.14. The minimum Gasteiger partial charge on any atom is -0.448 e. The van der Waals surface area contributed by atoms with E-state index < -0.39 is 42.6 Å². The molecule has 0 aromatic heterocycles. The Bertz CT molecular complexity index is 933. The fraction of sp³-hybridized carbons (Fsp3) is 0.348. The largest absolute Gasteiger partial charge is 0.448 e. The molecule has 0 radical (unpaired) electrons. The van der Waals surface area contributed by atoms with Crippen LogP contribution < -0.4 is 0 Å². The molecule has 0 N–H and O–H groups in total. The Labute approximate surface area is 179 Å². The van der Waals surface area contributed by atoms with Crippen molar-refractivity contribution in [1.29, 1.82) is 0 Å². The normalized spacial score (nSPS) is 24.2. The van der Waals surface area contributed by atoms with Crippen LogP contribution in [0.25, 0.3) is 0 Å². The molecule has 0 saturated carbocycles. The molecular weight excluding hydrogens is 402 g/mol. The second-order valence-corrected chi connectivity index (χ2v) is 7.47. The van der Waals surface area contributed by atoms with E-state index in [2.05, 4.69) is 0 Å². The molecule has 31 heavy (non-hydrogen) atoms. The van der Waals surface area contributed by atoms with E-state index in [-0.39, 0.29) is 19.6 Å². The number of rotatable bonds is 6. The number of benzene rings is 2. The summed E-state index contributed by atoms with van der Waals surface area (Å²) in [5.41, 5.74) is 1.75. The summed E-state index contributed by atoms with van der Waals surface area (Å²) in [6.45, 7) is 1.58. The van der Waals surface area contributed by atoms with Gasteiger partial charge in [0, 0.05) is 19.9 Å². The summed E-state index contributed by atoms with van der Waals surface area (Å²) in [6, 6.07) is 18.2. The van der Waals surface area contributed by atoms with Gasteiger partial charge in [-0.1, -0.05) is 60.7 Å². The van der Waals surface area contributed by atoms with Crippen LogP contribution in [0.15, 0.2) is 60.7 Å². The van der Waals surface area contributed by atoms with Gasteiger partial charge in [-0.05, 0) is 11.1 Å². The maximum Gasteiger partial charge on any atom is 0.410 e. The van der Waals surface area contributed by atoms with Crippen LogP contribution in [-0.4, -0.2) is 47.5 Å². The molecule has 2 aromatic rings. The Kier molecular flexibility index (Phi) is 6.18. The lowest BCUT2D eigenvalue weighted by Crippen LogP contribution is -2.48. The van der Waals surface area contributed by atoms with E-state index in [4.69, 9.17) is 18.9 Å². The first-order valence-electron chi connectivity index (χ1n) is 10.1. The highest BCUT2D eigenvalue weighted by atomic mass is 16.7. The third-order valence-electron chi connectivity index (χ3n) is 5.23. The number of hydrogen-bond acceptors (Lipinski definition) is 7. The number of amides is 1. The molecule has 2 aromatic carbocycles. The monoisotopic (exact) mass is 425 g/mol. The number of fused-ring (bicyclic) bond motifs is 2. The molecule has 1 amide bonds. The zero-order valence-corrected chi connectivity index (χ0v) is 17.0. The Morgan fingerprint density at radius 3 is 2.32 bits per heavy atom. The smallest absolute Gasteiger partial charge is 0.410 e. The summed E-state index contributed by atoms with van der Waals surface area (Å²) in [5.74, 6) is -1.27. The SMILES string of the molecule is CC(=O)O[C@@H]1C(=O)O[C@@H]2O[C@H]1C[C@@H]2N(Cc1ccccc1)C(=O)OCc1ccccc1. The zero-order chi connectivity index (χ0) is 21.8. The van der Waals surface area contributed by atoms with E-state index in [9.17, 15) is 14.4 Å². The minimum absolute atomic E-state index is 0.114. The quantitative estimate of drug-likeness (QED) is 0.519. The second kappa shape index (κ2) is 9.18. The lowest BCUT2D eigenvalue weighted by atomic mass is 10.1. The van der Waals surface area contributed by atoms with E-state index in [0.29, 0.717) is 0 Å². The third kappa shape index (κ3) is 4.86. The highest BCUT2D eigenvalue weighted by molar-refractivity contribution is 5.80. The summed E-state index contributed by atoms with van der Waals surface area (Å²) in [5, 5.41) is 0. The van der Waals surface area contributed by atoms with E-state index in [1.807, 2.05) is 60.7 Å². The van der Waals surface area contributed by atoms with Gasteiger partial charge in [-0.25, -0.2) is 9.59 Å². The van der Waals surface area contributed by atoms with Crippen LogP contribution in [0.4, 0.5) is 4.79 Å². The first-order valence-corrected chi connectivity index (χ1v) is 10.1. The molecule has 162 valence electrons. The Balaban J connectivity index is 1.52. The van der Waals surface area contributed by atoms with Crippen molar-refractivity contribution in [2.24, 2.45) is 0 Å². The fourth-order valence-electron chi connectivity index (χ4n) is 3.78. The van der Waals surface area contributed by atoms with Gasteiger partial charge in [0.2, 0.25) is 12.4 Å². The molecule has 0 spiro atoms. The summed E-state index contributed by atoms with van der Waals surface area (Å²) >= 11 is 0. The van der Waals surface area contributed by atoms with E-state index in [0.717, 1.165) is 11.1 Å². The number of nitrogens with zero attached hydrogens (tertiary/aromatic N) is 1. The van der Waals surface area contributed by atoms with E-state index >= 15 is 0 Å². The first kappa shape index (κ1) is 20.9. The highest BCUT2D eigenvalue weighted by Crippen LogP contribution is 2.35. The van der Waals surface area contributed by atoms with Crippen molar-refractivity contribution in [2.45, 2.75) is 51.0 Å². The predicted molar refractivity (Wildman–Crippen MR) is 107 cm³/mol. The molecule has 2 aliphatic rings. The lowest BCUT2D eigenvalue weighted by molar-refractivity contribution is -0.229. The van der Waals surface area contributed by atoms with Crippen molar-refractivity contribution in [3.63, 3.8) is 0 Å². The molecule has 2 bridgehead atoms. The molecule has 4 rings (SSSR count). The van der Waals surface area contributed by atoms with Crippen molar-refractivity contribution in [2.75, 3.05) is 0 Å². The first-order chi connectivity index (χ1) is 15.0. The number of carbonyl (C=O) groups is 3. The van der Waals surface area contributed by atoms with Gasteiger partial charge in [0.25, 0.3) is 0 Å². The molecule has 2 saturated heterocycles. The number of hydrogen-bond donors (Lipinski definition) is 0. The van der Waals surface area contributed by atoms with Gasteiger partial charge in [-0.3, -0.25) is 9.69 Å². The van der Waals surface area contributed by atoms with Gasteiger partial charge in [0.1, 0.15) is 18.8 Å². The Hall–Kier alpha value is -3.39. The average molecular weight is 425 g/mol. The number of carbonyl (C=O) groups excluding carboxylic acids is 3. The molecule has 0 aliphatic carbocycles. The molecule has 8 nitrogen and oxygen atoms in total. The molecule has 2 fully saturated rings. The lowest BCUT2D eigenvalue weighted by Gasteiger charge is -2.31. The summed E-state index contributed by atoms with van der Waals surface area (Å²) in [7, 11) is 0. The van der Waals surface area contributed by atoms with Crippen LogP contribution in [0.2, 0.25) is 0 Å². The van der Waals surface area contributed by atoms with Gasteiger partial charge >= 0.3 is 18.0 Å². The van der Waals surface area contributed by atoms with Crippen LogP contribution >= 0.6 is 0 Å². The predicted octanol–water partition coefficient (Wildman–Crippen LogP) is 2.80. The van der Waals surface area contributed by atoms with Crippen LogP contribution in [0.5, 0.6) is 0 Å². The Morgan fingerprint density at radius 1 is 1.03 bits per heavy atom. The second-order valence-electron chi connectivity index (χ2n) is 7.47. The van der Waals surface area contributed by atoms with Crippen LogP contribution in [-0.2, 0) is 41.7 Å². The van der Waals surface area contributed by atoms with Crippen molar-refractivity contribution in [1.82, 2.24) is 4.90 Å². The van der Waals surface area contributed by atoms with E-state index in [1.165, 1.54) is 11.8 Å². The molecule has 2 heterocycles. The molecule has 4 atom stereocenters. The molecule has 0 unspecified atom stereocenters. The highest BCUT2D eigenvalue weighted by Gasteiger charge is 2.54. The standard InChI is InChI=1S/C23H23NO7/c1-15(25)29-20-19-12-18(22(30-19)31-21(20)26)24(13-16-8-4-2-5-9-16)23(27)28-14-17-10-6-3-7-11-17/h2-11,18-20,22H,12-14H2,1H3/t18-,19-,20-,22-/m0/s1. The van der Waals surface area contributed by atoms with Gasteiger partial charge in [-0.15, -0.1) is 0 Å². The third-order valence-corrected chi connectivity index (χ3v) is 5.23. The van der Waals surface area contributed by atoms with Crippen LogP contribution in [0, 0.1) is 0 Å². The number of ether oxygens (including phenoxy) is 4. The van der Waals surface area contributed by atoms with Gasteiger partial charge in [-0.2, -0.15) is 0 Å². The average Bonchev–Trinajstić information content (AvgIpc) is 3.12. The van der Waals surface area contributed by atoms with E-state index in [1.54, 1.807) is 0 Å².